The Hall–Kier alpha value is -2.81. The van der Waals surface area contributed by atoms with Gasteiger partial charge in [-0.1, -0.05) is 17.7 Å². The van der Waals surface area contributed by atoms with E-state index in [-0.39, 0.29) is 19.1 Å². The van der Waals surface area contributed by atoms with E-state index in [0.29, 0.717) is 21.7 Å². The number of aromatic nitrogens is 1. The number of piperazine rings is 1. The highest BCUT2D eigenvalue weighted by Gasteiger charge is 2.23. The molecule has 0 unspecified atom stereocenters. The van der Waals surface area contributed by atoms with Crippen LogP contribution in [0.25, 0.3) is 11.1 Å². The lowest BCUT2D eigenvalue weighted by Crippen LogP contribution is -2.47. The number of hydrogen-bond donors (Lipinski definition) is 0. The maximum atomic E-state index is 12.9. The van der Waals surface area contributed by atoms with Crippen LogP contribution in [0.2, 0.25) is 5.02 Å². The molecule has 8 nitrogen and oxygen atoms in total. The maximum Gasteiger partial charge on any atom is 0.419 e. The number of carbonyl (C=O) groups excluding carboxylic acids is 1. The summed E-state index contributed by atoms with van der Waals surface area (Å²) in [4.78, 5) is 29.0. The third kappa shape index (κ3) is 3.94. The van der Waals surface area contributed by atoms with Crippen molar-refractivity contribution in [3.63, 3.8) is 0 Å². The van der Waals surface area contributed by atoms with E-state index in [9.17, 15) is 9.59 Å². The number of nitrogens with zero attached hydrogens (tertiary/aromatic N) is 3. The number of oxazole rings is 1. The van der Waals surface area contributed by atoms with E-state index in [0.717, 1.165) is 44.2 Å². The zero-order chi connectivity index (χ0) is 21.5. The van der Waals surface area contributed by atoms with Crippen LogP contribution in [0.4, 0.5) is 0 Å². The van der Waals surface area contributed by atoms with Gasteiger partial charge in [-0.3, -0.25) is 19.2 Å². The van der Waals surface area contributed by atoms with Crippen molar-refractivity contribution in [3.8, 4) is 11.5 Å². The number of benzene rings is 2. The van der Waals surface area contributed by atoms with Crippen molar-refractivity contribution in [1.82, 2.24) is 14.4 Å². The first kappa shape index (κ1) is 20.1. The summed E-state index contributed by atoms with van der Waals surface area (Å²) in [6.45, 7) is 4.68. The minimum absolute atomic E-state index is 0.0809. The average Bonchev–Trinajstić information content (AvgIpc) is 3.33. The van der Waals surface area contributed by atoms with Gasteiger partial charge >= 0.3 is 5.76 Å². The van der Waals surface area contributed by atoms with E-state index >= 15 is 0 Å². The summed E-state index contributed by atoms with van der Waals surface area (Å²) in [5.74, 6) is 1.03. The second kappa shape index (κ2) is 8.03. The minimum atomic E-state index is -0.478. The van der Waals surface area contributed by atoms with E-state index in [2.05, 4.69) is 15.9 Å². The quantitative estimate of drug-likeness (QED) is 0.561. The summed E-state index contributed by atoms with van der Waals surface area (Å²) < 4.78 is 17.4. The lowest BCUT2D eigenvalue weighted by Gasteiger charge is -2.34. The fourth-order valence-electron chi connectivity index (χ4n) is 4.05. The first-order valence-corrected chi connectivity index (χ1v) is 10.5. The lowest BCUT2D eigenvalue weighted by atomic mass is 10.1. The molecule has 31 heavy (non-hydrogen) atoms. The van der Waals surface area contributed by atoms with E-state index in [1.165, 1.54) is 10.1 Å². The van der Waals surface area contributed by atoms with Crippen LogP contribution in [0.5, 0.6) is 11.5 Å². The number of fused-ring (bicyclic) bond motifs is 2. The molecule has 0 radical (unpaired) electrons. The molecule has 0 N–H and O–H groups in total. The third-order valence-electron chi connectivity index (χ3n) is 5.86. The molecule has 2 aliphatic heterocycles. The van der Waals surface area contributed by atoms with Gasteiger partial charge in [0.2, 0.25) is 6.79 Å². The predicted molar refractivity (Wildman–Crippen MR) is 115 cm³/mol. The van der Waals surface area contributed by atoms with Crippen molar-refractivity contribution in [2.24, 2.45) is 7.05 Å². The molecule has 1 saturated heterocycles. The molecule has 3 heterocycles. The summed E-state index contributed by atoms with van der Waals surface area (Å²) >= 11 is 6.33. The summed E-state index contributed by atoms with van der Waals surface area (Å²) in [6.07, 6.45) is 0. The van der Waals surface area contributed by atoms with Gasteiger partial charge in [-0.2, -0.15) is 0 Å². The third-order valence-corrected chi connectivity index (χ3v) is 6.17. The van der Waals surface area contributed by atoms with Crippen molar-refractivity contribution in [3.05, 3.63) is 57.0 Å². The van der Waals surface area contributed by atoms with Crippen LogP contribution in [0.1, 0.15) is 15.9 Å². The number of Topliss-reactive ketones (excluding diaryl/α,β-unsaturated/α-hetero) is 1. The normalized spacial score (nSPS) is 16.8. The SMILES string of the molecule is Cn1c(=O)oc2cc(C(=O)CN3CCN(Cc4ccc5c(c4)OCO5)CC3)c(Cl)cc21. The molecule has 1 fully saturated rings. The Bertz CT molecular complexity index is 1210. The number of rotatable bonds is 5. The number of aryl methyl sites for hydroxylation is 1. The number of hydrogen-bond acceptors (Lipinski definition) is 7. The van der Waals surface area contributed by atoms with Crippen LogP contribution >= 0.6 is 11.6 Å². The molecule has 1 aromatic heterocycles. The first-order chi connectivity index (χ1) is 15.0. The molecule has 0 aliphatic carbocycles. The molecule has 5 rings (SSSR count). The van der Waals surface area contributed by atoms with Gasteiger partial charge in [0.1, 0.15) is 0 Å². The number of ether oxygens (including phenoxy) is 2. The van der Waals surface area contributed by atoms with E-state index < -0.39 is 5.76 Å². The molecule has 3 aromatic rings. The van der Waals surface area contributed by atoms with Crippen molar-refractivity contribution >= 4 is 28.5 Å². The standard InChI is InChI=1S/C22H22ClN3O5/c1-24-17-10-16(23)15(9-20(17)31-22(24)28)18(27)12-26-6-4-25(5-7-26)11-14-2-3-19-21(8-14)30-13-29-19/h2-3,8-10H,4-7,11-13H2,1H3. The topological polar surface area (TPSA) is 77.2 Å². The monoisotopic (exact) mass is 443 g/mol. The molecule has 0 saturated carbocycles. The van der Waals surface area contributed by atoms with Gasteiger partial charge in [-0.25, -0.2) is 4.79 Å². The molecule has 2 aromatic carbocycles. The highest BCUT2D eigenvalue weighted by atomic mass is 35.5. The molecule has 0 amide bonds. The largest absolute Gasteiger partial charge is 0.454 e. The Morgan fingerprint density at radius 2 is 1.77 bits per heavy atom. The van der Waals surface area contributed by atoms with Crippen LogP contribution in [-0.2, 0) is 13.6 Å². The fraction of sp³-hybridized carbons (Fsp3) is 0.364. The van der Waals surface area contributed by atoms with Crippen molar-refractivity contribution in [1.29, 1.82) is 0 Å². The van der Waals surface area contributed by atoms with Gasteiger partial charge in [0.15, 0.2) is 22.9 Å². The van der Waals surface area contributed by atoms with E-state index in [1.807, 2.05) is 12.1 Å². The second-order valence-corrected chi connectivity index (χ2v) is 8.30. The summed E-state index contributed by atoms with van der Waals surface area (Å²) in [5.41, 5.74) is 2.50. The molecule has 0 atom stereocenters. The highest BCUT2D eigenvalue weighted by molar-refractivity contribution is 6.34. The average molecular weight is 444 g/mol. The van der Waals surface area contributed by atoms with Crippen molar-refractivity contribution in [2.45, 2.75) is 6.54 Å². The highest BCUT2D eigenvalue weighted by Crippen LogP contribution is 2.33. The zero-order valence-electron chi connectivity index (χ0n) is 17.1. The zero-order valence-corrected chi connectivity index (χ0v) is 17.9. The summed E-state index contributed by atoms with van der Waals surface area (Å²) in [6, 6.07) is 9.21. The molecule has 0 bridgehead atoms. The summed E-state index contributed by atoms with van der Waals surface area (Å²) in [5, 5.41) is 0.329. The van der Waals surface area contributed by atoms with Crippen LogP contribution in [-0.4, -0.2) is 59.7 Å². The van der Waals surface area contributed by atoms with Crippen molar-refractivity contribution in [2.75, 3.05) is 39.5 Å². The van der Waals surface area contributed by atoms with Gasteiger partial charge in [-0.05, 0) is 29.8 Å². The maximum absolute atomic E-state index is 12.9. The van der Waals surface area contributed by atoms with Gasteiger partial charge in [0.05, 0.1) is 17.1 Å². The van der Waals surface area contributed by atoms with Gasteiger partial charge in [0, 0.05) is 45.3 Å². The number of carbonyl (C=O) groups is 1. The molecule has 9 heteroatoms. The summed E-state index contributed by atoms with van der Waals surface area (Å²) in [7, 11) is 1.61. The van der Waals surface area contributed by atoms with E-state index in [4.69, 9.17) is 25.5 Å². The van der Waals surface area contributed by atoms with Crippen LogP contribution < -0.4 is 15.2 Å². The Balaban J connectivity index is 1.20. The Morgan fingerprint density at radius 3 is 2.58 bits per heavy atom. The number of ketones is 1. The van der Waals surface area contributed by atoms with Gasteiger partial charge in [-0.15, -0.1) is 0 Å². The molecule has 0 spiro atoms. The second-order valence-electron chi connectivity index (χ2n) is 7.89. The smallest absolute Gasteiger partial charge is 0.419 e. The Morgan fingerprint density at radius 1 is 1.03 bits per heavy atom. The van der Waals surface area contributed by atoms with E-state index in [1.54, 1.807) is 19.2 Å². The minimum Gasteiger partial charge on any atom is -0.454 e. The molecular weight excluding hydrogens is 422 g/mol. The lowest BCUT2D eigenvalue weighted by molar-refractivity contribution is 0.0844. The van der Waals surface area contributed by atoms with Crippen LogP contribution in [0.3, 0.4) is 0 Å². The Labute approximate surface area is 183 Å². The van der Waals surface area contributed by atoms with Crippen LogP contribution in [0.15, 0.2) is 39.5 Å². The first-order valence-electron chi connectivity index (χ1n) is 10.1. The fourth-order valence-corrected chi connectivity index (χ4v) is 4.32. The van der Waals surface area contributed by atoms with Crippen molar-refractivity contribution < 1.29 is 18.7 Å². The van der Waals surface area contributed by atoms with Crippen LogP contribution in [0, 0.1) is 0 Å². The molecule has 2 aliphatic rings. The van der Waals surface area contributed by atoms with Gasteiger partial charge < -0.3 is 13.9 Å². The van der Waals surface area contributed by atoms with Gasteiger partial charge in [0.25, 0.3) is 0 Å². The molecular formula is C22H22ClN3O5. The molecule has 162 valence electrons. The Kier molecular flexibility index (Phi) is 5.21. The number of halogens is 1. The predicted octanol–water partition coefficient (Wildman–Crippen LogP) is 2.51.